The molecule has 5 nitrogen and oxygen atoms in total. The zero-order chi connectivity index (χ0) is 14.9. The summed E-state index contributed by atoms with van der Waals surface area (Å²) in [6, 6.07) is 9.61. The van der Waals surface area contributed by atoms with E-state index < -0.39 is 15.0 Å². The van der Waals surface area contributed by atoms with Crippen LogP contribution in [-0.2, 0) is 14.8 Å². The van der Waals surface area contributed by atoms with Gasteiger partial charge in [-0.05, 0) is 24.9 Å². The maximum absolute atomic E-state index is 13.0. The quantitative estimate of drug-likeness (QED) is 0.809. The van der Waals surface area contributed by atoms with Crippen LogP contribution in [0.5, 0.6) is 0 Å². The van der Waals surface area contributed by atoms with E-state index in [9.17, 15) is 8.42 Å². The molecule has 116 valence electrons. The summed E-state index contributed by atoms with van der Waals surface area (Å²) in [5.41, 5.74) is 0.929. The Morgan fingerprint density at radius 3 is 2.57 bits per heavy atom. The summed E-state index contributed by atoms with van der Waals surface area (Å²) in [6.07, 6.45) is 1.50. The maximum atomic E-state index is 13.0. The Morgan fingerprint density at radius 2 is 1.95 bits per heavy atom. The van der Waals surface area contributed by atoms with Crippen molar-refractivity contribution in [2.24, 2.45) is 0 Å². The predicted octanol–water partition coefficient (Wildman–Crippen LogP) is 1.49. The SMILES string of the molecule is CCNCC1(S(=O)(=O)N2CCCC2)OC1c1ccccc1. The molecular weight excluding hydrogens is 288 g/mol. The second-order valence-electron chi connectivity index (χ2n) is 5.61. The normalized spacial score (nSPS) is 29.7. The molecule has 2 atom stereocenters. The van der Waals surface area contributed by atoms with Gasteiger partial charge in [0.1, 0.15) is 6.10 Å². The van der Waals surface area contributed by atoms with E-state index >= 15 is 0 Å². The van der Waals surface area contributed by atoms with Crippen molar-refractivity contribution in [3.8, 4) is 0 Å². The molecule has 0 radical (unpaired) electrons. The number of rotatable bonds is 6. The summed E-state index contributed by atoms with van der Waals surface area (Å²) < 4.78 is 33.3. The summed E-state index contributed by atoms with van der Waals surface area (Å²) in [4.78, 5) is -1.13. The summed E-state index contributed by atoms with van der Waals surface area (Å²) in [7, 11) is -3.45. The fourth-order valence-electron chi connectivity index (χ4n) is 2.98. The van der Waals surface area contributed by atoms with Crippen molar-refractivity contribution in [1.82, 2.24) is 9.62 Å². The lowest BCUT2D eigenvalue weighted by molar-refractivity contribution is 0.325. The van der Waals surface area contributed by atoms with Crippen LogP contribution >= 0.6 is 0 Å². The lowest BCUT2D eigenvalue weighted by atomic mass is 10.1. The van der Waals surface area contributed by atoms with E-state index in [0.29, 0.717) is 19.6 Å². The number of nitrogens with zero attached hydrogens (tertiary/aromatic N) is 1. The average Bonchev–Trinajstić information content (AvgIpc) is 2.98. The van der Waals surface area contributed by atoms with Crippen LogP contribution in [0.15, 0.2) is 30.3 Å². The summed E-state index contributed by atoms with van der Waals surface area (Å²) in [5, 5.41) is 3.15. The molecule has 2 heterocycles. The standard InChI is InChI=1S/C15H22N2O3S/c1-2-16-12-15(21(18,19)17-10-6-7-11-17)14(20-15)13-8-4-3-5-9-13/h3-5,8-9,14,16H,2,6-7,10-12H2,1H3. The summed E-state index contributed by atoms with van der Waals surface area (Å²) in [5.74, 6) is 0. The first-order valence-electron chi connectivity index (χ1n) is 7.55. The third-order valence-corrected chi connectivity index (χ3v) is 6.60. The molecule has 2 saturated heterocycles. The Kier molecular flexibility index (Phi) is 4.05. The topological polar surface area (TPSA) is 61.9 Å². The number of ether oxygens (including phenoxy) is 1. The third kappa shape index (κ3) is 2.50. The molecule has 2 aliphatic heterocycles. The number of benzene rings is 1. The van der Waals surface area contributed by atoms with Gasteiger partial charge in [-0.15, -0.1) is 0 Å². The van der Waals surface area contributed by atoms with Crippen molar-refractivity contribution in [2.45, 2.75) is 30.8 Å². The van der Waals surface area contributed by atoms with Crippen LogP contribution in [0.2, 0.25) is 0 Å². The minimum atomic E-state index is -3.45. The van der Waals surface area contributed by atoms with Gasteiger partial charge in [0.05, 0.1) is 0 Å². The maximum Gasteiger partial charge on any atom is 0.248 e. The van der Waals surface area contributed by atoms with E-state index in [4.69, 9.17) is 4.74 Å². The monoisotopic (exact) mass is 310 g/mol. The zero-order valence-corrected chi connectivity index (χ0v) is 13.1. The van der Waals surface area contributed by atoms with Crippen LogP contribution in [-0.4, -0.2) is 43.8 Å². The molecular formula is C15H22N2O3S. The van der Waals surface area contributed by atoms with E-state index in [1.807, 2.05) is 37.3 Å². The molecule has 0 saturated carbocycles. The van der Waals surface area contributed by atoms with Gasteiger partial charge in [-0.2, -0.15) is 4.31 Å². The highest BCUT2D eigenvalue weighted by atomic mass is 32.2. The van der Waals surface area contributed by atoms with Crippen LogP contribution in [0.1, 0.15) is 31.4 Å². The number of sulfonamides is 1. The fourth-order valence-corrected chi connectivity index (χ4v) is 5.07. The first kappa shape index (κ1) is 15.0. The van der Waals surface area contributed by atoms with Crippen molar-refractivity contribution in [1.29, 1.82) is 0 Å². The Labute approximate surface area is 126 Å². The second kappa shape index (κ2) is 5.68. The van der Waals surface area contributed by atoms with Crippen LogP contribution < -0.4 is 5.32 Å². The number of likely N-dealkylation sites (N-methyl/N-ethyl adjacent to an activating group) is 1. The molecule has 2 aliphatic rings. The predicted molar refractivity (Wildman–Crippen MR) is 81.3 cm³/mol. The first-order chi connectivity index (χ1) is 10.1. The minimum Gasteiger partial charge on any atom is -0.342 e. The zero-order valence-electron chi connectivity index (χ0n) is 12.3. The van der Waals surface area contributed by atoms with Crippen LogP contribution in [0, 0.1) is 0 Å². The van der Waals surface area contributed by atoms with Gasteiger partial charge in [-0.3, -0.25) is 0 Å². The van der Waals surface area contributed by atoms with E-state index in [2.05, 4.69) is 5.32 Å². The molecule has 21 heavy (non-hydrogen) atoms. The van der Waals surface area contributed by atoms with E-state index in [-0.39, 0.29) is 6.10 Å². The molecule has 0 bridgehead atoms. The Bertz CT molecular complexity index is 584. The molecule has 3 rings (SSSR count). The Balaban J connectivity index is 1.89. The van der Waals surface area contributed by atoms with Crippen LogP contribution in [0.25, 0.3) is 0 Å². The van der Waals surface area contributed by atoms with Gasteiger partial charge in [0.2, 0.25) is 15.0 Å². The van der Waals surface area contributed by atoms with Crippen molar-refractivity contribution in [3.63, 3.8) is 0 Å². The fraction of sp³-hybridized carbons (Fsp3) is 0.600. The molecule has 1 N–H and O–H groups in total. The lowest BCUT2D eigenvalue weighted by Gasteiger charge is -2.22. The molecule has 1 aromatic rings. The van der Waals surface area contributed by atoms with E-state index in [0.717, 1.165) is 24.9 Å². The molecule has 2 fully saturated rings. The van der Waals surface area contributed by atoms with E-state index in [1.165, 1.54) is 0 Å². The first-order valence-corrected chi connectivity index (χ1v) is 8.99. The van der Waals surface area contributed by atoms with Crippen molar-refractivity contribution >= 4 is 10.0 Å². The number of hydrogen-bond donors (Lipinski definition) is 1. The molecule has 0 spiro atoms. The molecule has 0 aliphatic carbocycles. The number of epoxide rings is 1. The smallest absolute Gasteiger partial charge is 0.248 e. The van der Waals surface area contributed by atoms with Gasteiger partial charge in [0.15, 0.2) is 0 Å². The van der Waals surface area contributed by atoms with Crippen LogP contribution in [0.4, 0.5) is 0 Å². The van der Waals surface area contributed by atoms with Crippen LogP contribution in [0.3, 0.4) is 0 Å². The van der Waals surface area contributed by atoms with Gasteiger partial charge >= 0.3 is 0 Å². The Hall–Kier alpha value is -0.950. The lowest BCUT2D eigenvalue weighted by Crippen LogP contribution is -2.45. The van der Waals surface area contributed by atoms with Crippen molar-refractivity contribution < 1.29 is 13.2 Å². The largest absolute Gasteiger partial charge is 0.342 e. The molecule has 6 heteroatoms. The van der Waals surface area contributed by atoms with E-state index in [1.54, 1.807) is 4.31 Å². The highest BCUT2D eigenvalue weighted by Gasteiger charge is 2.68. The summed E-state index contributed by atoms with van der Waals surface area (Å²) in [6.45, 7) is 4.25. The van der Waals surface area contributed by atoms with Gasteiger partial charge in [-0.25, -0.2) is 8.42 Å². The van der Waals surface area contributed by atoms with Crippen molar-refractivity contribution in [3.05, 3.63) is 35.9 Å². The molecule has 1 aromatic carbocycles. The van der Waals surface area contributed by atoms with Gasteiger partial charge in [-0.1, -0.05) is 37.3 Å². The molecule has 2 unspecified atom stereocenters. The Morgan fingerprint density at radius 1 is 1.29 bits per heavy atom. The number of nitrogens with one attached hydrogen (secondary N) is 1. The second-order valence-corrected chi connectivity index (χ2v) is 7.77. The highest BCUT2D eigenvalue weighted by molar-refractivity contribution is 7.90. The minimum absolute atomic E-state index is 0.335. The average molecular weight is 310 g/mol. The third-order valence-electron chi connectivity index (χ3n) is 4.22. The number of hydrogen-bond acceptors (Lipinski definition) is 4. The van der Waals surface area contributed by atoms with Gasteiger partial charge in [0, 0.05) is 19.6 Å². The van der Waals surface area contributed by atoms with Gasteiger partial charge < -0.3 is 10.1 Å². The van der Waals surface area contributed by atoms with Gasteiger partial charge in [0.25, 0.3) is 0 Å². The molecule has 0 aromatic heterocycles. The van der Waals surface area contributed by atoms with Crippen molar-refractivity contribution in [2.75, 3.05) is 26.2 Å². The molecule has 0 amide bonds. The summed E-state index contributed by atoms with van der Waals surface area (Å²) >= 11 is 0. The highest BCUT2D eigenvalue weighted by Crippen LogP contribution is 2.54.